The van der Waals surface area contributed by atoms with Gasteiger partial charge in [0, 0.05) is 24.4 Å². The molecule has 0 unspecified atom stereocenters. The molecule has 98 valence electrons. The van der Waals surface area contributed by atoms with Crippen LogP contribution in [0, 0.1) is 6.92 Å². The Balaban J connectivity index is 1.86. The van der Waals surface area contributed by atoms with Crippen LogP contribution in [0.25, 0.3) is 0 Å². The maximum atomic E-state index is 5.44. The summed E-state index contributed by atoms with van der Waals surface area (Å²) in [5, 5.41) is 1.49. The van der Waals surface area contributed by atoms with Gasteiger partial charge in [0.2, 0.25) is 0 Å². The van der Waals surface area contributed by atoms with Crippen LogP contribution in [0.1, 0.15) is 30.1 Å². The van der Waals surface area contributed by atoms with Gasteiger partial charge >= 0.3 is 0 Å². The third-order valence-electron chi connectivity index (χ3n) is 2.76. The molecule has 6 nitrogen and oxygen atoms in total. The summed E-state index contributed by atoms with van der Waals surface area (Å²) in [6.07, 6.45) is 5.89. The minimum absolute atomic E-state index is 0.478. The van der Waals surface area contributed by atoms with Crippen LogP contribution in [-0.4, -0.2) is 19.9 Å². The summed E-state index contributed by atoms with van der Waals surface area (Å²) in [6, 6.07) is 1.81. The first-order chi connectivity index (χ1) is 9.24. The zero-order chi connectivity index (χ0) is 13.2. The highest BCUT2D eigenvalue weighted by atomic mass is 32.2. The Bertz CT molecular complexity index is 581. The molecule has 1 aliphatic rings. The van der Waals surface area contributed by atoms with E-state index in [-0.39, 0.29) is 0 Å². The molecule has 2 aromatic heterocycles. The number of rotatable bonds is 4. The number of nitrogens with zero attached hydrogens (tertiary/aromatic N) is 4. The van der Waals surface area contributed by atoms with Crippen LogP contribution in [-0.2, 0) is 0 Å². The second kappa shape index (κ2) is 5.10. The summed E-state index contributed by atoms with van der Waals surface area (Å²) in [6.45, 7) is 1.96. The van der Waals surface area contributed by atoms with Gasteiger partial charge in [-0.25, -0.2) is 25.8 Å². The molecule has 0 radical (unpaired) electrons. The van der Waals surface area contributed by atoms with E-state index in [1.54, 1.807) is 18.5 Å². The summed E-state index contributed by atoms with van der Waals surface area (Å²) < 4.78 is 0. The van der Waals surface area contributed by atoms with Crippen molar-refractivity contribution >= 4 is 17.6 Å². The van der Waals surface area contributed by atoms with E-state index in [9.17, 15) is 0 Å². The van der Waals surface area contributed by atoms with Gasteiger partial charge in [-0.1, -0.05) is 0 Å². The van der Waals surface area contributed by atoms with E-state index in [2.05, 4.69) is 25.4 Å². The Morgan fingerprint density at radius 2 is 2.00 bits per heavy atom. The minimum atomic E-state index is 0.478. The number of aryl methyl sites for hydroxylation is 1. The van der Waals surface area contributed by atoms with Crippen molar-refractivity contribution in [3.8, 4) is 0 Å². The lowest BCUT2D eigenvalue weighted by molar-refractivity contribution is 0.872. The van der Waals surface area contributed by atoms with Crippen molar-refractivity contribution in [2.45, 2.75) is 35.9 Å². The zero-order valence-corrected chi connectivity index (χ0v) is 11.3. The van der Waals surface area contributed by atoms with Crippen molar-refractivity contribution in [2.24, 2.45) is 5.84 Å². The van der Waals surface area contributed by atoms with Crippen LogP contribution in [0.2, 0.25) is 0 Å². The fourth-order valence-electron chi connectivity index (χ4n) is 1.62. The highest BCUT2D eigenvalue weighted by molar-refractivity contribution is 7.99. The van der Waals surface area contributed by atoms with Crippen LogP contribution >= 0.6 is 11.8 Å². The molecular formula is C12H14N6S. The molecule has 0 spiro atoms. The van der Waals surface area contributed by atoms with Gasteiger partial charge in [0.1, 0.15) is 16.7 Å². The van der Waals surface area contributed by atoms with E-state index in [1.807, 2.05) is 6.92 Å². The van der Waals surface area contributed by atoms with Gasteiger partial charge in [0.05, 0.1) is 0 Å². The van der Waals surface area contributed by atoms with Gasteiger partial charge < -0.3 is 5.43 Å². The number of nitrogen functional groups attached to an aromatic ring is 1. The zero-order valence-electron chi connectivity index (χ0n) is 10.5. The topological polar surface area (TPSA) is 89.6 Å². The lowest BCUT2D eigenvalue weighted by atomic mass is 10.4. The van der Waals surface area contributed by atoms with Gasteiger partial charge in [-0.3, -0.25) is 0 Å². The third-order valence-corrected chi connectivity index (χ3v) is 3.58. The van der Waals surface area contributed by atoms with Gasteiger partial charge in [0.15, 0.2) is 5.16 Å². The van der Waals surface area contributed by atoms with Crippen molar-refractivity contribution in [1.82, 2.24) is 19.9 Å². The minimum Gasteiger partial charge on any atom is -0.308 e. The fraction of sp³-hybridized carbons (Fsp3) is 0.333. The predicted molar refractivity (Wildman–Crippen MR) is 72.7 cm³/mol. The molecule has 3 rings (SSSR count). The average Bonchev–Trinajstić information content (AvgIpc) is 3.25. The van der Waals surface area contributed by atoms with E-state index >= 15 is 0 Å². The molecule has 0 saturated heterocycles. The number of hydrazine groups is 1. The monoisotopic (exact) mass is 274 g/mol. The van der Waals surface area contributed by atoms with E-state index in [0.717, 1.165) is 29.3 Å². The van der Waals surface area contributed by atoms with E-state index in [1.165, 1.54) is 11.8 Å². The standard InChI is InChI=1S/C12H14N6S/c1-7-5-14-12(15-6-7)19-10-4-9(18-13)16-11(17-10)8-2-3-8/h4-6,8H,2-3,13H2,1H3,(H,16,17,18). The Morgan fingerprint density at radius 3 is 2.63 bits per heavy atom. The largest absolute Gasteiger partial charge is 0.308 e. The first kappa shape index (κ1) is 12.3. The molecule has 0 atom stereocenters. The SMILES string of the molecule is Cc1cnc(Sc2cc(NN)nc(C3CC3)n2)nc1. The number of aromatic nitrogens is 4. The summed E-state index contributed by atoms with van der Waals surface area (Å²) in [7, 11) is 0. The molecular weight excluding hydrogens is 260 g/mol. The lowest BCUT2D eigenvalue weighted by Gasteiger charge is -2.06. The summed E-state index contributed by atoms with van der Waals surface area (Å²) >= 11 is 1.42. The van der Waals surface area contributed by atoms with Gasteiger partial charge in [0.25, 0.3) is 0 Å². The van der Waals surface area contributed by atoms with E-state index in [0.29, 0.717) is 16.9 Å². The highest BCUT2D eigenvalue weighted by Crippen LogP contribution is 2.39. The molecule has 2 heterocycles. The number of hydrogen-bond donors (Lipinski definition) is 2. The molecule has 0 bridgehead atoms. The summed E-state index contributed by atoms with van der Waals surface area (Å²) in [4.78, 5) is 17.4. The van der Waals surface area contributed by atoms with Crippen molar-refractivity contribution in [2.75, 3.05) is 5.43 Å². The number of nitrogens with one attached hydrogen (secondary N) is 1. The van der Waals surface area contributed by atoms with E-state index in [4.69, 9.17) is 5.84 Å². The smallest absolute Gasteiger partial charge is 0.193 e. The van der Waals surface area contributed by atoms with Crippen molar-refractivity contribution in [1.29, 1.82) is 0 Å². The Hall–Kier alpha value is -1.73. The predicted octanol–water partition coefficient (Wildman–Crippen LogP) is 1.89. The van der Waals surface area contributed by atoms with E-state index < -0.39 is 0 Å². The Kier molecular flexibility index (Phi) is 3.31. The molecule has 7 heteroatoms. The van der Waals surface area contributed by atoms with Gasteiger partial charge in [-0.15, -0.1) is 0 Å². The second-order valence-corrected chi connectivity index (χ2v) is 5.50. The van der Waals surface area contributed by atoms with Gasteiger partial charge in [-0.05, 0) is 37.1 Å². The van der Waals surface area contributed by atoms with Crippen LogP contribution in [0.3, 0.4) is 0 Å². The van der Waals surface area contributed by atoms with Crippen molar-refractivity contribution in [3.05, 3.63) is 29.8 Å². The fourth-order valence-corrected chi connectivity index (χ4v) is 2.33. The summed E-state index contributed by atoms with van der Waals surface area (Å²) in [5.74, 6) is 7.40. The quantitative estimate of drug-likeness (QED) is 0.381. The van der Waals surface area contributed by atoms with Crippen LogP contribution in [0.4, 0.5) is 5.82 Å². The number of hydrogen-bond acceptors (Lipinski definition) is 7. The molecule has 1 saturated carbocycles. The summed E-state index contributed by atoms with van der Waals surface area (Å²) in [5.41, 5.74) is 3.62. The molecule has 19 heavy (non-hydrogen) atoms. The Morgan fingerprint density at radius 1 is 1.26 bits per heavy atom. The normalized spacial score (nSPS) is 14.4. The van der Waals surface area contributed by atoms with Crippen LogP contribution in [0.5, 0.6) is 0 Å². The number of anilines is 1. The third kappa shape index (κ3) is 2.99. The molecule has 0 aliphatic heterocycles. The molecule has 3 N–H and O–H groups in total. The van der Waals surface area contributed by atoms with Crippen LogP contribution in [0.15, 0.2) is 28.6 Å². The van der Waals surface area contributed by atoms with Gasteiger partial charge in [-0.2, -0.15) is 0 Å². The molecule has 1 fully saturated rings. The first-order valence-corrected chi connectivity index (χ1v) is 6.88. The van der Waals surface area contributed by atoms with Crippen LogP contribution < -0.4 is 11.3 Å². The Labute approximate surface area is 115 Å². The van der Waals surface area contributed by atoms with Crippen molar-refractivity contribution < 1.29 is 0 Å². The molecule has 0 aromatic carbocycles. The molecule has 2 aromatic rings. The molecule has 0 amide bonds. The maximum absolute atomic E-state index is 5.44. The average molecular weight is 274 g/mol. The van der Waals surface area contributed by atoms with Crippen molar-refractivity contribution in [3.63, 3.8) is 0 Å². The maximum Gasteiger partial charge on any atom is 0.193 e. The lowest BCUT2D eigenvalue weighted by Crippen LogP contribution is -2.10. The molecule has 1 aliphatic carbocycles. The highest BCUT2D eigenvalue weighted by Gasteiger charge is 2.27. The first-order valence-electron chi connectivity index (χ1n) is 6.06. The number of nitrogens with two attached hydrogens (primary N) is 1. The second-order valence-electron chi connectivity index (χ2n) is 4.51.